The van der Waals surface area contributed by atoms with Gasteiger partial charge in [0.2, 0.25) is 0 Å². The van der Waals surface area contributed by atoms with Gasteiger partial charge in [-0.3, -0.25) is 9.48 Å². The Morgan fingerprint density at radius 2 is 1.95 bits per heavy atom. The van der Waals surface area contributed by atoms with E-state index >= 15 is 0 Å². The van der Waals surface area contributed by atoms with Crippen molar-refractivity contribution in [3.63, 3.8) is 0 Å². The molecule has 4 nitrogen and oxygen atoms in total. The molecule has 0 aliphatic heterocycles. The monoisotopic (exact) mass is 284 g/mol. The minimum absolute atomic E-state index is 0.0924. The first kappa shape index (κ1) is 14.1. The Labute approximate surface area is 112 Å². The van der Waals surface area contributed by atoms with Gasteiger partial charge in [-0.2, -0.15) is 5.10 Å². The summed E-state index contributed by atoms with van der Waals surface area (Å²) in [5, 5.41) is 4.00. The lowest BCUT2D eigenvalue weighted by Crippen LogP contribution is -2.17. The molecule has 7 heteroatoms. The van der Waals surface area contributed by atoms with Crippen LogP contribution in [0.2, 0.25) is 0 Å². The van der Waals surface area contributed by atoms with Crippen LogP contribution in [0.5, 0.6) is 5.75 Å². The number of halogens is 3. The van der Waals surface area contributed by atoms with Crippen molar-refractivity contribution in [1.82, 2.24) is 9.78 Å². The first-order chi connectivity index (χ1) is 9.33. The van der Waals surface area contributed by atoms with Crippen LogP contribution >= 0.6 is 0 Å². The summed E-state index contributed by atoms with van der Waals surface area (Å²) in [6, 6.07) is 5.49. The quantitative estimate of drug-likeness (QED) is 0.811. The van der Waals surface area contributed by atoms with Crippen LogP contribution in [0.15, 0.2) is 36.7 Å². The second-order valence-electron chi connectivity index (χ2n) is 4.17. The summed E-state index contributed by atoms with van der Waals surface area (Å²) in [4.78, 5) is 11.1. The van der Waals surface area contributed by atoms with Gasteiger partial charge < -0.3 is 4.74 Å². The number of hydrogen-bond donors (Lipinski definition) is 0. The van der Waals surface area contributed by atoms with E-state index in [9.17, 15) is 18.0 Å². The maximum absolute atomic E-state index is 12.0. The van der Waals surface area contributed by atoms with E-state index in [0.29, 0.717) is 12.1 Å². The number of benzene rings is 1. The zero-order valence-electron chi connectivity index (χ0n) is 10.5. The third-order valence-corrected chi connectivity index (χ3v) is 2.54. The normalized spacial score (nSPS) is 11.4. The highest BCUT2D eigenvalue weighted by Crippen LogP contribution is 2.22. The standard InChI is InChI=1S/C13H11F3N2O2/c1-9(19)11-6-17-18(8-11)7-10-2-4-12(5-3-10)20-13(14,15)16/h2-6,8H,7H2,1H3. The van der Waals surface area contributed by atoms with Crippen molar-refractivity contribution in [2.45, 2.75) is 19.8 Å². The molecule has 0 radical (unpaired) electrons. The molecule has 0 atom stereocenters. The van der Waals surface area contributed by atoms with E-state index in [-0.39, 0.29) is 11.5 Å². The van der Waals surface area contributed by atoms with Crippen LogP contribution in [0.25, 0.3) is 0 Å². The molecule has 0 bridgehead atoms. The van der Waals surface area contributed by atoms with E-state index in [0.717, 1.165) is 5.56 Å². The molecule has 2 aromatic rings. The van der Waals surface area contributed by atoms with E-state index in [1.807, 2.05) is 0 Å². The molecule has 0 saturated heterocycles. The average Bonchev–Trinajstić information content (AvgIpc) is 2.78. The Bertz CT molecular complexity index is 603. The van der Waals surface area contributed by atoms with Gasteiger partial charge in [-0.05, 0) is 24.6 Å². The van der Waals surface area contributed by atoms with E-state index < -0.39 is 6.36 Å². The van der Waals surface area contributed by atoms with Crippen LogP contribution in [0.4, 0.5) is 13.2 Å². The molecule has 1 heterocycles. The fourth-order valence-corrected chi connectivity index (χ4v) is 1.62. The van der Waals surface area contributed by atoms with Crippen LogP contribution in [0, 0.1) is 0 Å². The van der Waals surface area contributed by atoms with Crippen molar-refractivity contribution in [2.24, 2.45) is 0 Å². The number of aromatic nitrogens is 2. The minimum atomic E-state index is -4.69. The number of rotatable bonds is 4. The van der Waals surface area contributed by atoms with E-state index in [4.69, 9.17) is 0 Å². The Hall–Kier alpha value is -2.31. The first-order valence-electron chi connectivity index (χ1n) is 5.71. The number of carbonyl (C=O) groups is 1. The van der Waals surface area contributed by atoms with Gasteiger partial charge in [0.15, 0.2) is 5.78 Å². The molecular formula is C13H11F3N2O2. The smallest absolute Gasteiger partial charge is 0.406 e. The van der Waals surface area contributed by atoms with Crippen molar-refractivity contribution in [2.75, 3.05) is 0 Å². The molecule has 0 fully saturated rings. The number of alkyl halides is 3. The third-order valence-electron chi connectivity index (χ3n) is 2.54. The lowest BCUT2D eigenvalue weighted by atomic mass is 10.2. The number of ketones is 1. The van der Waals surface area contributed by atoms with Gasteiger partial charge in [0.1, 0.15) is 5.75 Å². The fraction of sp³-hybridized carbons (Fsp3) is 0.231. The lowest BCUT2D eigenvalue weighted by molar-refractivity contribution is -0.274. The summed E-state index contributed by atoms with van der Waals surface area (Å²) in [7, 11) is 0. The van der Waals surface area contributed by atoms with Crippen LogP contribution in [-0.4, -0.2) is 21.9 Å². The second-order valence-corrected chi connectivity index (χ2v) is 4.17. The molecule has 1 aromatic carbocycles. The molecule has 20 heavy (non-hydrogen) atoms. The van der Waals surface area contributed by atoms with Crippen molar-refractivity contribution in [1.29, 1.82) is 0 Å². The minimum Gasteiger partial charge on any atom is -0.406 e. The highest BCUT2D eigenvalue weighted by Gasteiger charge is 2.30. The molecule has 106 valence electrons. The van der Waals surface area contributed by atoms with Gasteiger partial charge in [-0.25, -0.2) is 0 Å². The van der Waals surface area contributed by atoms with Gasteiger partial charge in [0, 0.05) is 6.20 Å². The van der Waals surface area contributed by atoms with Crippen LogP contribution in [0.3, 0.4) is 0 Å². The van der Waals surface area contributed by atoms with Crippen LogP contribution in [-0.2, 0) is 6.54 Å². The predicted molar refractivity (Wildman–Crippen MR) is 64.5 cm³/mol. The number of nitrogens with zero attached hydrogens (tertiary/aromatic N) is 2. The van der Waals surface area contributed by atoms with E-state index in [2.05, 4.69) is 9.84 Å². The number of carbonyl (C=O) groups excluding carboxylic acids is 1. The summed E-state index contributed by atoms with van der Waals surface area (Å²) < 4.78 is 41.3. The van der Waals surface area contributed by atoms with E-state index in [1.54, 1.807) is 6.20 Å². The molecule has 0 unspecified atom stereocenters. The largest absolute Gasteiger partial charge is 0.573 e. The highest BCUT2D eigenvalue weighted by atomic mass is 19.4. The van der Waals surface area contributed by atoms with Crippen LogP contribution in [0.1, 0.15) is 22.8 Å². The van der Waals surface area contributed by atoms with Crippen molar-refractivity contribution >= 4 is 5.78 Å². The zero-order valence-corrected chi connectivity index (χ0v) is 10.5. The summed E-state index contributed by atoms with van der Waals surface area (Å²) in [5.41, 5.74) is 1.24. The molecule has 0 spiro atoms. The topological polar surface area (TPSA) is 44.1 Å². The Balaban J connectivity index is 2.04. The van der Waals surface area contributed by atoms with Gasteiger partial charge >= 0.3 is 6.36 Å². The van der Waals surface area contributed by atoms with Gasteiger partial charge in [0.05, 0.1) is 18.3 Å². The molecule has 0 N–H and O–H groups in total. The number of ether oxygens (including phenoxy) is 1. The van der Waals surface area contributed by atoms with Crippen molar-refractivity contribution in [3.05, 3.63) is 47.8 Å². The van der Waals surface area contributed by atoms with Crippen molar-refractivity contribution < 1.29 is 22.7 Å². The van der Waals surface area contributed by atoms with Crippen molar-refractivity contribution in [3.8, 4) is 5.75 Å². The Morgan fingerprint density at radius 3 is 2.45 bits per heavy atom. The predicted octanol–water partition coefficient (Wildman–Crippen LogP) is 3.03. The van der Waals surface area contributed by atoms with Crippen LogP contribution < -0.4 is 4.74 Å². The van der Waals surface area contributed by atoms with Gasteiger partial charge in [-0.15, -0.1) is 13.2 Å². The van der Waals surface area contributed by atoms with Gasteiger partial charge in [0.25, 0.3) is 0 Å². The molecule has 1 aromatic heterocycles. The average molecular weight is 284 g/mol. The third kappa shape index (κ3) is 3.84. The maximum Gasteiger partial charge on any atom is 0.573 e. The molecule has 0 amide bonds. The summed E-state index contributed by atoms with van der Waals surface area (Å²) >= 11 is 0. The Morgan fingerprint density at radius 1 is 1.30 bits per heavy atom. The summed E-state index contributed by atoms with van der Waals surface area (Å²) in [5.74, 6) is -0.365. The zero-order chi connectivity index (χ0) is 14.8. The number of Topliss-reactive ketones (excluding diaryl/α,β-unsaturated/α-hetero) is 1. The molecule has 0 aliphatic carbocycles. The molecule has 2 rings (SSSR count). The SMILES string of the molecule is CC(=O)c1cnn(Cc2ccc(OC(F)(F)F)cc2)c1. The molecule has 0 saturated carbocycles. The lowest BCUT2D eigenvalue weighted by Gasteiger charge is -2.09. The molecule has 0 aliphatic rings. The van der Waals surface area contributed by atoms with E-state index in [1.165, 1.54) is 42.1 Å². The Kier molecular flexibility index (Phi) is 3.78. The highest BCUT2D eigenvalue weighted by molar-refractivity contribution is 5.93. The first-order valence-corrected chi connectivity index (χ1v) is 5.71. The summed E-state index contributed by atoms with van der Waals surface area (Å²) in [6.45, 7) is 1.80. The van der Waals surface area contributed by atoms with Gasteiger partial charge in [-0.1, -0.05) is 12.1 Å². The summed E-state index contributed by atoms with van der Waals surface area (Å²) in [6.07, 6.45) is -1.66. The second kappa shape index (κ2) is 5.36. The fourth-order valence-electron chi connectivity index (χ4n) is 1.62. The number of hydrogen-bond acceptors (Lipinski definition) is 3. The molecular weight excluding hydrogens is 273 g/mol. The maximum atomic E-state index is 12.0.